The second-order valence-corrected chi connectivity index (χ2v) is 7.69. The predicted molar refractivity (Wildman–Crippen MR) is 105 cm³/mol. The van der Waals surface area contributed by atoms with Crippen molar-refractivity contribution in [1.29, 1.82) is 0 Å². The molecule has 0 spiro atoms. The average Bonchev–Trinajstić information content (AvgIpc) is 3.30. The van der Waals surface area contributed by atoms with Gasteiger partial charge in [-0.3, -0.25) is 4.79 Å². The van der Waals surface area contributed by atoms with Crippen molar-refractivity contribution in [1.82, 2.24) is 10.3 Å². The number of ether oxygens (including phenoxy) is 2. The number of amides is 1. The van der Waals surface area contributed by atoms with Gasteiger partial charge in [-0.15, -0.1) is 22.7 Å². The Balaban J connectivity index is 1.56. The average molecular weight is 389 g/mol. The van der Waals surface area contributed by atoms with Crippen LogP contribution in [0.4, 0.5) is 0 Å². The van der Waals surface area contributed by atoms with E-state index >= 15 is 0 Å². The van der Waals surface area contributed by atoms with Crippen molar-refractivity contribution in [3.8, 4) is 21.4 Å². The first-order valence-electron chi connectivity index (χ1n) is 8.15. The van der Waals surface area contributed by atoms with Gasteiger partial charge in [0.15, 0.2) is 6.10 Å². The summed E-state index contributed by atoms with van der Waals surface area (Å²) in [4.78, 5) is 19.1. The number of hydrogen-bond acceptors (Lipinski definition) is 6. The van der Waals surface area contributed by atoms with E-state index in [0.717, 1.165) is 26.2 Å². The zero-order valence-electron chi connectivity index (χ0n) is 14.8. The fourth-order valence-electron chi connectivity index (χ4n) is 2.32. The van der Waals surface area contributed by atoms with Crippen LogP contribution in [0.5, 0.6) is 11.5 Å². The molecular weight excluding hydrogens is 368 g/mol. The summed E-state index contributed by atoms with van der Waals surface area (Å²) in [6, 6.07) is 11.2. The van der Waals surface area contributed by atoms with E-state index in [4.69, 9.17) is 9.47 Å². The summed E-state index contributed by atoms with van der Waals surface area (Å²) in [5, 5.41) is 5.95. The highest BCUT2D eigenvalue weighted by Gasteiger charge is 2.16. The quantitative estimate of drug-likeness (QED) is 0.656. The summed E-state index contributed by atoms with van der Waals surface area (Å²) >= 11 is 3.27. The number of rotatable bonds is 7. The number of benzene rings is 1. The van der Waals surface area contributed by atoms with Gasteiger partial charge >= 0.3 is 0 Å². The minimum absolute atomic E-state index is 0.161. The maximum absolute atomic E-state index is 12.3. The molecule has 1 N–H and O–H groups in total. The van der Waals surface area contributed by atoms with Crippen LogP contribution in [-0.4, -0.2) is 24.1 Å². The van der Waals surface area contributed by atoms with Crippen LogP contribution in [0.25, 0.3) is 9.88 Å². The Morgan fingerprint density at radius 3 is 2.62 bits per heavy atom. The van der Waals surface area contributed by atoms with Crippen LogP contribution in [0, 0.1) is 6.92 Å². The van der Waals surface area contributed by atoms with Crippen LogP contribution < -0.4 is 14.8 Å². The molecule has 0 aliphatic carbocycles. The molecule has 0 fully saturated rings. The number of carbonyl (C=O) groups excluding carboxylic acids is 1. The fourth-order valence-corrected chi connectivity index (χ4v) is 4.12. The monoisotopic (exact) mass is 388 g/mol. The number of methoxy groups -OCH3 is 1. The maximum Gasteiger partial charge on any atom is 0.261 e. The molecule has 1 atom stereocenters. The second kappa shape index (κ2) is 8.33. The van der Waals surface area contributed by atoms with E-state index in [1.54, 1.807) is 61.0 Å². The van der Waals surface area contributed by atoms with E-state index in [9.17, 15) is 4.79 Å². The van der Waals surface area contributed by atoms with Crippen LogP contribution in [0.15, 0.2) is 41.8 Å². The van der Waals surface area contributed by atoms with E-state index in [-0.39, 0.29) is 5.91 Å². The number of nitrogens with zero attached hydrogens (tertiary/aromatic N) is 1. The summed E-state index contributed by atoms with van der Waals surface area (Å²) in [5.41, 5.74) is 0.947. The van der Waals surface area contributed by atoms with Crippen molar-refractivity contribution in [3.05, 3.63) is 52.3 Å². The van der Waals surface area contributed by atoms with Crippen molar-refractivity contribution in [3.63, 3.8) is 0 Å². The number of hydrogen-bond donors (Lipinski definition) is 1. The molecule has 5 nitrogen and oxygen atoms in total. The third-order valence-electron chi connectivity index (χ3n) is 3.79. The third-order valence-corrected chi connectivity index (χ3v) is 5.99. The molecule has 0 radical (unpaired) electrons. The lowest BCUT2D eigenvalue weighted by Crippen LogP contribution is -2.35. The highest BCUT2D eigenvalue weighted by molar-refractivity contribution is 7.21. The number of thiazole rings is 1. The first-order chi connectivity index (χ1) is 12.6. The van der Waals surface area contributed by atoms with E-state index in [2.05, 4.69) is 16.4 Å². The first kappa shape index (κ1) is 18.4. The van der Waals surface area contributed by atoms with E-state index in [0.29, 0.717) is 12.3 Å². The Hall–Kier alpha value is -2.38. The Morgan fingerprint density at radius 2 is 1.96 bits per heavy atom. The second-order valence-electron chi connectivity index (χ2n) is 5.66. The molecule has 1 unspecified atom stereocenters. The third kappa shape index (κ3) is 4.42. The summed E-state index contributed by atoms with van der Waals surface area (Å²) in [6.07, 6.45) is -0.589. The zero-order chi connectivity index (χ0) is 18.5. The van der Waals surface area contributed by atoms with Crippen LogP contribution in [0.1, 0.15) is 17.5 Å². The molecule has 7 heteroatoms. The molecule has 1 amide bonds. The summed E-state index contributed by atoms with van der Waals surface area (Å²) < 4.78 is 10.8. The van der Waals surface area contributed by atoms with E-state index in [1.807, 2.05) is 18.4 Å². The molecular formula is C19H20N2O3S2. The number of nitrogens with one attached hydrogen (secondary N) is 1. The summed E-state index contributed by atoms with van der Waals surface area (Å²) in [6.45, 7) is 4.15. The molecule has 26 heavy (non-hydrogen) atoms. The van der Waals surface area contributed by atoms with Crippen LogP contribution in [0.3, 0.4) is 0 Å². The van der Waals surface area contributed by atoms with Gasteiger partial charge in [0.2, 0.25) is 0 Å². The van der Waals surface area contributed by atoms with E-state index < -0.39 is 6.10 Å². The normalized spacial score (nSPS) is 11.8. The zero-order valence-corrected chi connectivity index (χ0v) is 16.4. The summed E-state index contributed by atoms with van der Waals surface area (Å²) in [5.74, 6) is 1.21. The predicted octanol–water partition coefficient (Wildman–Crippen LogP) is 4.27. The Labute approximate surface area is 160 Å². The minimum Gasteiger partial charge on any atom is -0.497 e. The van der Waals surface area contributed by atoms with Gasteiger partial charge in [-0.2, -0.15) is 0 Å². The molecule has 3 rings (SSSR count). The number of aryl methyl sites for hydroxylation is 1. The first-order valence-corrected chi connectivity index (χ1v) is 9.85. The van der Waals surface area contributed by atoms with Gasteiger partial charge in [0.05, 0.1) is 24.2 Å². The fraction of sp³-hybridized carbons (Fsp3) is 0.263. The number of carbonyl (C=O) groups is 1. The standard InChI is InChI=1S/C19H20N2O3S2/c1-12-17(26-19(21-12)16-5-4-10-25-16)11-20-18(22)13(2)24-15-8-6-14(23-3)7-9-15/h4-10,13H,11H2,1-3H3,(H,20,22). The summed E-state index contributed by atoms with van der Waals surface area (Å²) in [7, 11) is 1.61. The molecule has 0 saturated carbocycles. The van der Waals surface area contributed by atoms with Crippen molar-refractivity contribution < 1.29 is 14.3 Å². The Bertz CT molecular complexity index is 858. The lowest BCUT2D eigenvalue weighted by molar-refractivity contribution is -0.127. The molecule has 2 heterocycles. The molecule has 0 saturated heterocycles. The molecule has 3 aromatic rings. The van der Waals surface area contributed by atoms with Gasteiger partial charge in [0.25, 0.3) is 5.91 Å². The molecule has 136 valence electrons. The van der Waals surface area contributed by atoms with Crippen molar-refractivity contribution in [2.24, 2.45) is 0 Å². The SMILES string of the molecule is COc1ccc(OC(C)C(=O)NCc2sc(-c3cccs3)nc2C)cc1. The highest BCUT2D eigenvalue weighted by atomic mass is 32.1. The van der Waals surface area contributed by atoms with Gasteiger partial charge in [-0.25, -0.2) is 4.98 Å². The molecule has 2 aromatic heterocycles. The van der Waals surface area contributed by atoms with Gasteiger partial charge in [0.1, 0.15) is 16.5 Å². The smallest absolute Gasteiger partial charge is 0.261 e. The largest absolute Gasteiger partial charge is 0.497 e. The van der Waals surface area contributed by atoms with Crippen molar-refractivity contribution >= 4 is 28.6 Å². The van der Waals surface area contributed by atoms with Gasteiger partial charge in [-0.05, 0) is 49.6 Å². The van der Waals surface area contributed by atoms with Crippen molar-refractivity contribution in [2.45, 2.75) is 26.5 Å². The lowest BCUT2D eigenvalue weighted by Gasteiger charge is -2.14. The van der Waals surface area contributed by atoms with Crippen LogP contribution >= 0.6 is 22.7 Å². The molecule has 1 aromatic carbocycles. The van der Waals surface area contributed by atoms with Crippen LogP contribution in [-0.2, 0) is 11.3 Å². The van der Waals surface area contributed by atoms with Crippen molar-refractivity contribution in [2.75, 3.05) is 7.11 Å². The lowest BCUT2D eigenvalue weighted by atomic mass is 10.3. The van der Waals surface area contributed by atoms with Gasteiger partial charge < -0.3 is 14.8 Å². The van der Waals surface area contributed by atoms with Gasteiger partial charge in [0, 0.05) is 4.88 Å². The molecule has 0 aliphatic heterocycles. The molecule has 0 aliphatic rings. The maximum atomic E-state index is 12.3. The number of aromatic nitrogens is 1. The van der Waals surface area contributed by atoms with E-state index in [1.165, 1.54) is 0 Å². The van der Waals surface area contributed by atoms with Crippen LogP contribution in [0.2, 0.25) is 0 Å². The number of thiophene rings is 1. The minimum atomic E-state index is -0.589. The van der Waals surface area contributed by atoms with Gasteiger partial charge in [-0.1, -0.05) is 6.07 Å². The topological polar surface area (TPSA) is 60.5 Å². The Morgan fingerprint density at radius 1 is 1.23 bits per heavy atom. The highest BCUT2D eigenvalue weighted by Crippen LogP contribution is 2.31. The molecule has 0 bridgehead atoms. The Kier molecular flexibility index (Phi) is 5.90.